The lowest BCUT2D eigenvalue weighted by atomic mass is 9.92. The molecule has 0 heterocycles. The summed E-state index contributed by atoms with van der Waals surface area (Å²) in [7, 11) is 4.02. The summed E-state index contributed by atoms with van der Waals surface area (Å²) in [5.74, 6) is 0.790. The van der Waals surface area contributed by atoms with E-state index in [9.17, 15) is 4.79 Å². The number of Topliss-reactive ketones (excluding diaryl/α,β-unsaturated/α-hetero) is 1. The van der Waals surface area contributed by atoms with Gasteiger partial charge in [0.25, 0.3) is 0 Å². The van der Waals surface area contributed by atoms with E-state index in [4.69, 9.17) is 4.74 Å². The first-order valence-corrected chi connectivity index (χ1v) is 7.54. The number of carbonyl (C=O) groups is 1. The van der Waals surface area contributed by atoms with Crippen LogP contribution in [0.4, 0.5) is 0 Å². The van der Waals surface area contributed by atoms with Crippen molar-refractivity contribution >= 4 is 5.78 Å². The molecular formula is C19H23NO2. The molecule has 1 unspecified atom stereocenters. The van der Waals surface area contributed by atoms with E-state index in [1.807, 2.05) is 75.6 Å². The smallest absolute Gasteiger partial charge is 0.170 e. The van der Waals surface area contributed by atoms with Crippen molar-refractivity contribution in [3.63, 3.8) is 0 Å². The monoisotopic (exact) mass is 297 g/mol. The van der Waals surface area contributed by atoms with Gasteiger partial charge >= 0.3 is 0 Å². The molecule has 0 aliphatic carbocycles. The van der Waals surface area contributed by atoms with Crippen molar-refractivity contribution in [3.8, 4) is 5.75 Å². The average molecular weight is 297 g/mol. The summed E-state index contributed by atoms with van der Waals surface area (Å²) < 4.78 is 5.64. The van der Waals surface area contributed by atoms with Crippen molar-refractivity contribution in [1.29, 1.82) is 0 Å². The first-order chi connectivity index (χ1) is 10.6. The Bertz CT molecular complexity index is 591. The quantitative estimate of drug-likeness (QED) is 0.731. The van der Waals surface area contributed by atoms with Gasteiger partial charge in [0.15, 0.2) is 5.78 Å². The van der Waals surface area contributed by atoms with E-state index in [1.54, 1.807) is 0 Å². The van der Waals surface area contributed by atoms with Gasteiger partial charge in [-0.15, -0.1) is 0 Å². The predicted molar refractivity (Wildman–Crippen MR) is 89.7 cm³/mol. The molecule has 0 bridgehead atoms. The Morgan fingerprint density at radius 3 is 2.27 bits per heavy atom. The molecule has 0 radical (unpaired) electrons. The van der Waals surface area contributed by atoms with Crippen LogP contribution in [0.2, 0.25) is 0 Å². The van der Waals surface area contributed by atoms with E-state index in [2.05, 4.69) is 4.90 Å². The minimum Gasteiger partial charge on any atom is -0.492 e. The van der Waals surface area contributed by atoms with Crippen molar-refractivity contribution in [1.82, 2.24) is 4.90 Å². The molecule has 0 saturated carbocycles. The van der Waals surface area contributed by atoms with Crippen LogP contribution in [0.1, 0.15) is 28.8 Å². The van der Waals surface area contributed by atoms with Gasteiger partial charge in [0.2, 0.25) is 0 Å². The fourth-order valence-corrected chi connectivity index (χ4v) is 2.20. The molecule has 3 heteroatoms. The van der Waals surface area contributed by atoms with Crippen LogP contribution in [-0.2, 0) is 0 Å². The van der Waals surface area contributed by atoms with Gasteiger partial charge in [-0.05, 0) is 43.9 Å². The predicted octanol–water partition coefficient (Wildman–Crippen LogP) is 3.61. The molecule has 116 valence electrons. The zero-order valence-electron chi connectivity index (χ0n) is 13.5. The molecule has 0 aliphatic heterocycles. The van der Waals surface area contributed by atoms with E-state index in [0.29, 0.717) is 6.61 Å². The standard InChI is InChI=1S/C19H23NO2/c1-15(16-7-5-4-6-8-16)19(21)17-9-11-18(12-10-17)22-14-13-20(2)3/h4-12,15H,13-14H2,1-3H3. The number of ketones is 1. The maximum atomic E-state index is 12.5. The summed E-state index contributed by atoms with van der Waals surface area (Å²) in [6, 6.07) is 17.3. The molecule has 0 spiro atoms. The third-order valence-electron chi connectivity index (χ3n) is 3.64. The average Bonchev–Trinajstić information content (AvgIpc) is 2.54. The van der Waals surface area contributed by atoms with Crippen LogP contribution in [0, 0.1) is 0 Å². The minimum atomic E-state index is -0.137. The number of benzene rings is 2. The van der Waals surface area contributed by atoms with Crippen LogP contribution in [0.15, 0.2) is 54.6 Å². The largest absolute Gasteiger partial charge is 0.492 e. The number of hydrogen-bond acceptors (Lipinski definition) is 3. The highest BCUT2D eigenvalue weighted by Crippen LogP contribution is 2.21. The summed E-state index contributed by atoms with van der Waals surface area (Å²) in [5, 5.41) is 0. The Morgan fingerprint density at radius 1 is 1.05 bits per heavy atom. The fourth-order valence-electron chi connectivity index (χ4n) is 2.20. The molecule has 22 heavy (non-hydrogen) atoms. The molecule has 0 aliphatic rings. The topological polar surface area (TPSA) is 29.5 Å². The molecule has 0 saturated heterocycles. The first-order valence-electron chi connectivity index (χ1n) is 7.54. The number of ether oxygens (including phenoxy) is 1. The van der Waals surface area contributed by atoms with Crippen LogP contribution in [0.5, 0.6) is 5.75 Å². The molecule has 0 amide bonds. The molecule has 3 nitrogen and oxygen atoms in total. The Hall–Kier alpha value is -2.13. The highest BCUT2D eigenvalue weighted by Gasteiger charge is 2.16. The number of carbonyl (C=O) groups excluding carboxylic acids is 1. The maximum Gasteiger partial charge on any atom is 0.170 e. The van der Waals surface area contributed by atoms with Gasteiger partial charge in [-0.1, -0.05) is 37.3 Å². The SMILES string of the molecule is CC(C(=O)c1ccc(OCCN(C)C)cc1)c1ccccc1. The van der Waals surface area contributed by atoms with Gasteiger partial charge in [-0.25, -0.2) is 0 Å². The Balaban J connectivity index is 1.99. The van der Waals surface area contributed by atoms with E-state index < -0.39 is 0 Å². The minimum absolute atomic E-state index is 0.131. The molecular weight excluding hydrogens is 274 g/mol. The van der Waals surface area contributed by atoms with Crippen molar-refractivity contribution in [3.05, 3.63) is 65.7 Å². The third-order valence-corrected chi connectivity index (χ3v) is 3.64. The Morgan fingerprint density at radius 2 is 1.68 bits per heavy atom. The summed E-state index contributed by atoms with van der Waals surface area (Å²) >= 11 is 0. The lowest BCUT2D eigenvalue weighted by Crippen LogP contribution is -2.19. The summed E-state index contributed by atoms with van der Waals surface area (Å²) in [4.78, 5) is 14.6. The highest BCUT2D eigenvalue weighted by atomic mass is 16.5. The maximum absolute atomic E-state index is 12.5. The number of hydrogen-bond donors (Lipinski definition) is 0. The van der Waals surface area contributed by atoms with Crippen LogP contribution in [0.25, 0.3) is 0 Å². The molecule has 2 aromatic carbocycles. The number of rotatable bonds is 7. The van der Waals surface area contributed by atoms with Crippen molar-refractivity contribution in [2.45, 2.75) is 12.8 Å². The van der Waals surface area contributed by atoms with Crippen LogP contribution < -0.4 is 4.74 Å². The second-order valence-corrected chi connectivity index (χ2v) is 5.67. The zero-order chi connectivity index (χ0) is 15.9. The number of likely N-dealkylation sites (N-methyl/N-ethyl adjacent to an activating group) is 1. The van der Waals surface area contributed by atoms with Gasteiger partial charge in [0, 0.05) is 18.0 Å². The summed E-state index contributed by atoms with van der Waals surface area (Å²) in [6.45, 7) is 3.45. The van der Waals surface area contributed by atoms with E-state index >= 15 is 0 Å². The van der Waals surface area contributed by atoms with Crippen LogP contribution in [-0.4, -0.2) is 37.9 Å². The lowest BCUT2D eigenvalue weighted by molar-refractivity contribution is 0.0966. The van der Waals surface area contributed by atoms with E-state index in [-0.39, 0.29) is 11.7 Å². The molecule has 2 aromatic rings. The van der Waals surface area contributed by atoms with Crippen LogP contribution in [0.3, 0.4) is 0 Å². The molecule has 0 aromatic heterocycles. The van der Waals surface area contributed by atoms with Crippen molar-refractivity contribution in [2.75, 3.05) is 27.2 Å². The third kappa shape index (κ3) is 4.43. The van der Waals surface area contributed by atoms with Crippen molar-refractivity contribution < 1.29 is 9.53 Å². The molecule has 1 atom stereocenters. The van der Waals surface area contributed by atoms with Crippen molar-refractivity contribution in [2.24, 2.45) is 0 Å². The summed E-state index contributed by atoms with van der Waals surface area (Å²) in [6.07, 6.45) is 0. The second-order valence-electron chi connectivity index (χ2n) is 5.67. The summed E-state index contributed by atoms with van der Waals surface area (Å²) in [5.41, 5.74) is 1.76. The number of nitrogens with zero attached hydrogens (tertiary/aromatic N) is 1. The normalized spacial score (nSPS) is 12.2. The molecule has 0 fully saturated rings. The highest BCUT2D eigenvalue weighted by molar-refractivity contribution is 6.00. The van der Waals surface area contributed by atoms with Gasteiger partial charge < -0.3 is 9.64 Å². The Kier molecular flexibility index (Phi) is 5.73. The second kappa shape index (κ2) is 7.76. The lowest BCUT2D eigenvalue weighted by Gasteiger charge is -2.13. The van der Waals surface area contributed by atoms with Gasteiger partial charge in [0.05, 0.1) is 0 Å². The molecule has 2 rings (SSSR count). The van der Waals surface area contributed by atoms with Gasteiger partial charge in [-0.2, -0.15) is 0 Å². The Labute approximate surface area is 132 Å². The molecule has 0 N–H and O–H groups in total. The van der Waals surface area contributed by atoms with E-state index in [0.717, 1.165) is 23.4 Å². The van der Waals surface area contributed by atoms with Gasteiger partial charge in [0.1, 0.15) is 12.4 Å². The van der Waals surface area contributed by atoms with E-state index in [1.165, 1.54) is 0 Å². The first kappa shape index (κ1) is 16.2. The van der Waals surface area contributed by atoms with Gasteiger partial charge in [-0.3, -0.25) is 4.79 Å². The zero-order valence-corrected chi connectivity index (χ0v) is 13.5. The van der Waals surface area contributed by atoms with Crippen LogP contribution >= 0.6 is 0 Å². The fraction of sp³-hybridized carbons (Fsp3) is 0.316.